The molecule has 3 nitrogen and oxygen atoms in total. The van der Waals surface area contributed by atoms with Crippen molar-refractivity contribution in [3.05, 3.63) is 21.9 Å². The Morgan fingerprint density at radius 2 is 2.15 bits per heavy atom. The van der Waals surface area contributed by atoms with E-state index in [-0.39, 0.29) is 13.2 Å². The number of carbonyl (C=O) groups excluding carboxylic acids is 1. The second-order valence-electron chi connectivity index (χ2n) is 4.03. The first-order valence-corrected chi connectivity index (χ1v) is 6.67. The van der Waals surface area contributed by atoms with E-state index in [1.807, 2.05) is 0 Å². The summed E-state index contributed by atoms with van der Waals surface area (Å²) in [6.45, 7) is -0.407. The van der Waals surface area contributed by atoms with Crippen LogP contribution in [0.3, 0.4) is 0 Å². The van der Waals surface area contributed by atoms with Gasteiger partial charge in [-0.05, 0) is 12.1 Å². The lowest BCUT2D eigenvalue weighted by atomic mass is 10.3. The van der Waals surface area contributed by atoms with E-state index in [1.165, 1.54) is 7.05 Å². The van der Waals surface area contributed by atoms with Crippen LogP contribution in [0, 0.1) is 11.8 Å². The third kappa shape index (κ3) is 5.63. The first-order valence-electron chi connectivity index (χ1n) is 5.85. The molecule has 0 aliphatic rings. The van der Waals surface area contributed by atoms with E-state index in [0.717, 1.165) is 16.2 Å². The second kappa shape index (κ2) is 7.31. The molecule has 20 heavy (non-hydrogen) atoms. The molecule has 0 aliphatic heterocycles. The quantitative estimate of drug-likeness (QED) is 0.868. The van der Waals surface area contributed by atoms with E-state index in [0.29, 0.717) is 16.2 Å². The summed E-state index contributed by atoms with van der Waals surface area (Å²) in [6.07, 6.45) is -4.96. The number of aliphatic hydroxyl groups is 1. The van der Waals surface area contributed by atoms with Crippen molar-refractivity contribution >= 4 is 17.2 Å². The molecule has 0 bridgehead atoms. The Hall–Kier alpha value is -1.52. The number of thiophene rings is 1. The first kappa shape index (κ1) is 16.5. The zero-order chi connectivity index (χ0) is 15.2. The lowest BCUT2D eigenvalue weighted by Crippen LogP contribution is -2.29. The number of hydrogen-bond donors (Lipinski definition) is 1. The predicted molar refractivity (Wildman–Crippen MR) is 70.5 cm³/mol. The minimum atomic E-state index is -4.27. The van der Waals surface area contributed by atoms with Crippen LogP contribution < -0.4 is 0 Å². The molecule has 110 valence electrons. The zero-order valence-corrected chi connectivity index (χ0v) is 11.6. The first-order chi connectivity index (χ1) is 9.33. The molecule has 1 aromatic heterocycles. The van der Waals surface area contributed by atoms with Gasteiger partial charge in [0, 0.05) is 20.0 Å². The Morgan fingerprint density at radius 3 is 2.75 bits per heavy atom. The van der Waals surface area contributed by atoms with E-state index in [4.69, 9.17) is 5.11 Å². The largest absolute Gasteiger partial charge is 0.395 e. The van der Waals surface area contributed by atoms with Crippen LogP contribution in [-0.4, -0.2) is 42.3 Å². The van der Waals surface area contributed by atoms with E-state index in [9.17, 15) is 18.0 Å². The number of alkyl halides is 3. The van der Waals surface area contributed by atoms with Gasteiger partial charge >= 0.3 is 6.18 Å². The highest BCUT2D eigenvalue weighted by Gasteiger charge is 2.28. The molecule has 0 aliphatic carbocycles. The molecule has 7 heteroatoms. The van der Waals surface area contributed by atoms with Crippen molar-refractivity contribution in [3.8, 4) is 11.8 Å². The maximum absolute atomic E-state index is 12.1. The molecule has 1 amide bonds. The summed E-state index contributed by atoms with van der Waals surface area (Å²) in [5.41, 5.74) is 0. The summed E-state index contributed by atoms with van der Waals surface area (Å²) in [7, 11) is 1.34. The molecule has 0 spiro atoms. The number of nitrogens with zero attached hydrogens (tertiary/aromatic N) is 1. The highest BCUT2D eigenvalue weighted by Crippen LogP contribution is 2.21. The lowest BCUT2D eigenvalue weighted by Gasteiger charge is -2.17. The van der Waals surface area contributed by atoms with Gasteiger partial charge in [0.15, 0.2) is 0 Å². The minimum absolute atomic E-state index is 0.0374. The Balaban J connectivity index is 2.62. The average Bonchev–Trinajstić information content (AvgIpc) is 2.83. The van der Waals surface area contributed by atoms with E-state index < -0.39 is 18.5 Å². The fraction of sp³-hybridized carbons (Fsp3) is 0.462. The monoisotopic (exact) mass is 305 g/mol. The topological polar surface area (TPSA) is 40.5 Å². The molecule has 0 aromatic carbocycles. The zero-order valence-electron chi connectivity index (χ0n) is 10.8. The van der Waals surface area contributed by atoms with Crippen molar-refractivity contribution in [2.24, 2.45) is 0 Å². The van der Waals surface area contributed by atoms with Crippen molar-refractivity contribution in [2.75, 3.05) is 20.2 Å². The van der Waals surface area contributed by atoms with E-state index >= 15 is 0 Å². The summed E-state index contributed by atoms with van der Waals surface area (Å²) in [5.74, 6) is 5.04. The fourth-order valence-electron chi connectivity index (χ4n) is 1.31. The Labute approximate surface area is 119 Å². The number of halogens is 3. The molecule has 1 heterocycles. The smallest absolute Gasteiger partial charge is 0.390 e. The van der Waals surface area contributed by atoms with Gasteiger partial charge in [-0.1, -0.05) is 11.8 Å². The number of carbonyl (C=O) groups is 1. The van der Waals surface area contributed by atoms with Crippen LogP contribution in [0.2, 0.25) is 0 Å². The summed E-state index contributed by atoms with van der Waals surface area (Å²) in [5, 5.41) is 8.58. The summed E-state index contributed by atoms with van der Waals surface area (Å²) < 4.78 is 36.3. The van der Waals surface area contributed by atoms with Gasteiger partial charge in [-0.2, -0.15) is 13.2 Å². The molecule has 0 unspecified atom stereocenters. The standard InChI is InChI=1S/C13H14F3NO2S/c1-17(8-7-13(14,15)16)12(19)11-6-5-10(20-11)4-2-3-9-18/h5-6,18H,3,7-9H2,1H3. The van der Waals surface area contributed by atoms with Gasteiger partial charge in [0.05, 0.1) is 22.8 Å². The number of hydrogen-bond acceptors (Lipinski definition) is 3. The number of aliphatic hydroxyl groups excluding tert-OH is 1. The molecular weight excluding hydrogens is 291 g/mol. The second-order valence-corrected chi connectivity index (χ2v) is 5.11. The van der Waals surface area contributed by atoms with Crippen LogP contribution in [0.5, 0.6) is 0 Å². The van der Waals surface area contributed by atoms with Crippen LogP contribution in [0.4, 0.5) is 13.2 Å². The Kier molecular flexibility index (Phi) is 6.05. The van der Waals surface area contributed by atoms with Crippen LogP contribution in [-0.2, 0) is 0 Å². The molecule has 1 rings (SSSR count). The number of rotatable bonds is 4. The van der Waals surface area contributed by atoms with Gasteiger partial charge < -0.3 is 10.0 Å². The summed E-state index contributed by atoms with van der Waals surface area (Å²) in [6, 6.07) is 3.18. The summed E-state index contributed by atoms with van der Waals surface area (Å²) in [4.78, 5) is 13.9. The molecule has 0 radical (unpaired) electrons. The molecule has 0 fully saturated rings. The van der Waals surface area contributed by atoms with Gasteiger partial charge in [0.1, 0.15) is 0 Å². The lowest BCUT2D eigenvalue weighted by molar-refractivity contribution is -0.136. The van der Waals surface area contributed by atoms with Gasteiger partial charge in [0.2, 0.25) is 0 Å². The van der Waals surface area contributed by atoms with Crippen LogP contribution >= 0.6 is 11.3 Å². The minimum Gasteiger partial charge on any atom is -0.395 e. The van der Waals surface area contributed by atoms with Gasteiger partial charge in [-0.15, -0.1) is 11.3 Å². The maximum Gasteiger partial charge on any atom is 0.390 e. The molecule has 0 saturated carbocycles. The Bertz CT molecular complexity index is 514. The third-order valence-corrected chi connectivity index (χ3v) is 3.33. The van der Waals surface area contributed by atoms with Crippen LogP contribution in [0.15, 0.2) is 12.1 Å². The highest BCUT2D eigenvalue weighted by atomic mass is 32.1. The van der Waals surface area contributed by atoms with Crippen molar-refractivity contribution < 1.29 is 23.1 Å². The fourth-order valence-corrected chi connectivity index (χ4v) is 2.19. The molecule has 0 saturated heterocycles. The number of amides is 1. The van der Waals surface area contributed by atoms with Gasteiger partial charge in [0.25, 0.3) is 5.91 Å². The van der Waals surface area contributed by atoms with E-state index in [2.05, 4.69) is 11.8 Å². The van der Waals surface area contributed by atoms with Crippen molar-refractivity contribution in [1.29, 1.82) is 0 Å². The molecular formula is C13H14F3NO2S. The normalized spacial score (nSPS) is 10.8. The SMILES string of the molecule is CN(CCC(F)(F)F)C(=O)c1ccc(C#CCCO)s1. The third-order valence-electron chi connectivity index (χ3n) is 2.34. The van der Waals surface area contributed by atoms with Crippen molar-refractivity contribution in [1.82, 2.24) is 4.90 Å². The Morgan fingerprint density at radius 1 is 1.45 bits per heavy atom. The molecule has 0 atom stereocenters. The average molecular weight is 305 g/mol. The van der Waals surface area contributed by atoms with Crippen molar-refractivity contribution in [2.45, 2.75) is 19.0 Å². The van der Waals surface area contributed by atoms with Gasteiger partial charge in [-0.3, -0.25) is 4.79 Å². The van der Waals surface area contributed by atoms with E-state index in [1.54, 1.807) is 12.1 Å². The van der Waals surface area contributed by atoms with Crippen molar-refractivity contribution in [3.63, 3.8) is 0 Å². The summed E-state index contributed by atoms with van der Waals surface area (Å²) >= 11 is 1.13. The van der Waals surface area contributed by atoms with Gasteiger partial charge in [-0.25, -0.2) is 0 Å². The highest BCUT2D eigenvalue weighted by molar-refractivity contribution is 7.14. The molecule has 1 N–H and O–H groups in total. The molecule has 1 aromatic rings. The van der Waals surface area contributed by atoms with Crippen LogP contribution in [0.25, 0.3) is 0 Å². The van der Waals surface area contributed by atoms with Crippen LogP contribution in [0.1, 0.15) is 27.4 Å². The maximum atomic E-state index is 12.1. The predicted octanol–water partition coefficient (Wildman–Crippen LogP) is 2.51.